The lowest BCUT2D eigenvalue weighted by molar-refractivity contribution is 0.920. The van der Waals surface area contributed by atoms with Crippen LogP contribution in [0.3, 0.4) is 0 Å². The number of anilines is 1. The number of halogens is 1. The molecule has 3 rings (SSSR count). The Balaban J connectivity index is 1.86. The second-order valence-electron chi connectivity index (χ2n) is 3.98. The third-order valence-corrected chi connectivity index (χ3v) is 4.26. The monoisotopic (exact) mass is 322 g/mol. The van der Waals surface area contributed by atoms with Crippen LogP contribution in [-0.2, 0) is 6.54 Å². The maximum Gasteiger partial charge on any atom is 0.152 e. The van der Waals surface area contributed by atoms with Crippen molar-refractivity contribution in [2.24, 2.45) is 0 Å². The van der Waals surface area contributed by atoms with Gasteiger partial charge in [0.15, 0.2) is 5.82 Å². The lowest BCUT2D eigenvalue weighted by Gasteiger charge is -2.04. The number of hydrogen-bond donors (Lipinski definition) is 1. The van der Waals surface area contributed by atoms with Gasteiger partial charge in [0.2, 0.25) is 0 Å². The average Bonchev–Trinajstić information content (AvgIpc) is 2.91. The van der Waals surface area contributed by atoms with Crippen LogP contribution in [0, 0.1) is 6.92 Å². The number of aryl methyl sites for hydroxylation is 1. The van der Waals surface area contributed by atoms with Crippen LogP contribution in [0.15, 0.2) is 34.4 Å². The maximum absolute atomic E-state index is 4.36. The van der Waals surface area contributed by atoms with Crippen LogP contribution in [0.5, 0.6) is 0 Å². The Morgan fingerprint density at radius 2 is 2.33 bits per heavy atom. The molecular weight excluding hydrogens is 312 g/mol. The largest absolute Gasteiger partial charge is 0.363 e. The maximum atomic E-state index is 4.36. The summed E-state index contributed by atoms with van der Waals surface area (Å²) in [4.78, 5) is 5.63. The highest BCUT2D eigenvalue weighted by molar-refractivity contribution is 9.10. The summed E-state index contributed by atoms with van der Waals surface area (Å²) in [6.45, 7) is 2.75. The predicted molar refractivity (Wildman–Crippen MR) is 77.1 cm³/mol. The van der Waals surface area contributed by atoms with Gasteiger partial charge in [-0.2, -0.15) is 5.10 Å². The number of nitrogens with one attached hydrogen (secondary N) is 1. The SMILES string of the molecule is Cc1cc2c(NCc3cc(Br)cs3)nccn2n1. The molecule has 18 heavy (non-hydrogen) atoms. The first-order valence-electron chi connectivity index (χ1n) is 5.50. The van der Waals surface area contributed by atoms with Crippen LogP contribution in [0.25, 0.3) is 5.52 Å². The number of thiophene rings is 1. The van der Waals surface area contributed by atoms with E-state index in [1.165, 1.54) is 4.88 Å². The fourth-order valence-electron chi connectivity index (χ4n) is 1.80. The molecule has 0 radical (unpaired) electrons. The third kappa shape index (κ3) is 2.26. The van der Waals surface area contributed by atoms with Gasteiger partial charge in [-0.05, 0) is 35.0 Å². The molecule has 92 valence electrons. The molecule has 0 aliphatic heterocycles. The summed E-state index contributed by atoms with van der Waals surface area (Å²) in [5, 5.41) is 9.79. The Morgan fingerprint density at radius 1 is 1.44 bits per heavy atom. The van der Waals surface area contributed by atoms with Gasteiger partial charge in [0, 0.05) is 27.1 Å². The summed E-state index contributed by atoms with van der Waals surface area (Å²) >= 11 is 5.17. The van der Waals surface area contributed by atoms with Crippen molar-refractivity contribution >= 4 is 38.6 Å². The van der Waals surface area contributed by atoms with Gasteiger partial charge in [-0.25, -0.2) is 9.50 Å². The molecule has 3 aromatic heterocycles. The molecule has 0 aliphatic rings. The van der Waals surface area contributed by atoms with Crippen molar-refractivity contribution in [3.63, 3.8) is 0 Å². The minimum absolute atomic E-state index is 0.771. The molecule has 0 fully saturated rings. The number of nitrogens with zero attached hydrogens (tertiary/aromatic N) is 3. The van der Waals surface area contributed by atoms with Crippen molar-refractivity contribution in [2.45, 2.75) is 13.5 Å². The minimum Gasteiger partial charge on any atom is -0.363 e. The number of fused-ring (bicyclic) bond motifs is 1. The quantitative estimate of drug-likeness (QED) is 0.802. The van der Waals surface area contributed by atoms with Gasteiger partial charge in [0.05, 0.1) is 12.2 Å². The topological polar surface area (TPSA) is 42.2 Å². The molecule has 0 amide bonds. The lowest BCUT2D eigenvalue weighted by Crippen LogP contribution is -2.02. The summed E-state index contributed by atoms with van der Waals surface area (Å²) in [6, 6.07) is 4.14. The van der Waals surface area contributed by atoms with Crippen molar-refractivity contribution in [1.82, 2.24) is 14.6 Å². The Labute approximate surface area is 117 Å². The highest BCUT2D eigenvalue weighted by Crippen LogP contribution is 2.21. The van der Waals surface area contributed by atoms with Gasteiger partial charge in [-0.15, -0.1) is 11.3 Å². The van der Waals surface area contributed by atoms with Crippen molar-refractivity contribution in [1.29, 1.82) is 0 Å². The minimum atomic E-state index is 0.771. The molecule has 6 heteroatoms. The van der Waals surface area contributed by atoms with E-state index in [1.54, 1.807) is 17.5 Å². The fraction of sp³-hybridized carbons (Fsp3) is 0.167. The summed E-state index contributed by atoms with van der Waals surface area (Å²) in [7, 11) is 0. The van der Waals surface area contributed by atoms with Gasteiger partial charge < -0.3 is 5.32 Å². The molecule has 0 saturated heterocycles. The van der Waals surface area contributed by atoms with Crippen molar-refractivity contribution in [3.05, 3.63) is 45.0 Å². The van der Waals surface area contributed by atoms with Crippen LogP contribution >= 0.6 is 27.3 Å². The first kappa shape index (κ1) is 11.7. The number of rotatable bonds is 3. The van der Waals surface area contributed by atoms with E-state index in [4.69, 9.17) is 0 Å². The van der Waals surface area contributed by atoms with Gasteiger partial charge in [0.1, 0.15) is 5.52 Å². The smallest absolute Gasteiger partial charge is 0.152 e. The van der Waals surface area contributed by atoms with Crippen LogP contribution in [0.2, 0.25) is 0 Å². The van der Waals surface area contributed by atoms with Gasteiger partial charge >= 0.3 is 0 Å². The highest BCUT2D eigenvalue weighted by atomic mass is 79.9. The van der Waals surface area contributed by atoms with E-state index in [-0.39, 0.29) is 0 Å². The summed E-state index contributed by atoms with van der Waals surface area (Å²) in [6.07, 6.45) is 3.61. The molecule has 4 nitrogen and oxygen atoms in total. The van der Waals surface area contributed by atoms with E-state index >= 15 is 0 Å². The molecule has 3 heterocycles. The van der Waals surface area contributed by atoms with Crippen LogP contribution in [-0.4, -0.2) is 14.6 Å². The molecule has 3 aromatic rings. The number of aromatic nitrogens is 3. The van der Waals surface area contributed by atoms with E-state index in [2.05, 4.69) is 42.8 Å². The summed E-state index contributed by atoms with van der Waals surface area (Å²) in [5.41, 5.74) is 2.00. The Morgan fingerprint density at radius 3 is 3.11 bits per heavy atom. The molecule has 0 bridgehead atoms. The van der Waals surface area contributed by atoms with Crippen molar-refractivity contribution in [3.8, 4) is 0 Å². The standard InChI is InChI=1S/C12H11BrN4S/c1-8-4-11-12(14-2-3-17(11)16-8)15-6-10-5-9(13)7-18-10/h2-5,7H,6H2,1H3,(H,14,15). The Bertz CT molecular complexity index is 688. The van der Waals surface area contributed by atoms with E-state index in [0.29, 0.717) is 0 Å². The predicted octanol–water partition coefficient (Wildman–Crippen LogP) is 3.47. The molecular formula is C12H11BrN4S. The molecule has 1 N–H and O–H groups in total. The second kappa shape index (κ2) is 4.70. The summed E-state index contributed by atoms with van der Waals surface area (Å²) < 4.78 is 2.96. The molecule has 0 aliphatic carbocycles. The average molecular weight is 323 g/mol. The third-order valence-electron chi connectivity index (χ3n) is 2.56. The van der Waals surface area contributed by atoms with Crippen LogP contribution in [0.4, 0.5) is 5.82 Å². The van der Waals surface area contributed by atoms with E-state index < -0.39 is 0 Å². The Hall–Kier alpha value is -1.40. The zero-order valence-electron chi connectivity index (χ0n) is 9.72. The van der Waals surface area contributed by atoms with Gasteiger partial charge in [0.25, 0.3) is 0 Å². The normalized spacial score (nSPS) is 11.0. The zero-order chi connectivity index (χ0) is 12.5. The van der Waals surface area contributed by atoms with Gasteiger partial charge in [-0.1, -0.05) is 0 Å². The highest BCUT2D eigenvalue weighted by Gasteiger charge is 2.05. The first-order chi connectivity index (χ1) is 8.72. The van der Waals surface area contributed by atoms with Crippen LogP contribution < -0.4 is 5.32 Å². The molecule has 0 atom stereocenters. The van der Waals surface area contributed by atoms with E-state index in [9.17, 15) is 0 Å². The fourth-order valence-corrected chi connectivity index (χ4v) is 3.19. The Kier molecular flexibility index (Phi) is 3.05. The molecule has 0 saturated carbocycles. The first-order valence-corrected chi connectivity index (χ1v) is 7.17. The lowest BCUT2D eigenvalue weighted by atomic mass is 10.4. The van der Waals surface area contributed by atoms with Crippen LogP contribution in [0.1, 0.15) is 10.6 Å². The van der Waals surface area contributed by atoms with E-state index in [0.717, 1.165) is 28.0 Å². The molecule has 0 spiro atoms. The van der Waals surface area contributed by atoms with E-state index in [1.807, 2.05) is 23.7 Å². The summed E-state index contributed by atoms with van der Waals surface area (Å²) in [5.74, 6) is 0.864. The second-order valence-corrected chi connectivity index (χ2v) is 5.89. The molecule has 0 aromatic carbocycles. The molecule has 0 unspecified atom stereocenters. The van der Waals surface area contributed by atoms with Crippen molar-refractivity contribution in [2.75, 3.05) is 5.32 Å². The van der Waals surface area contributed by atoms with Crippen molar-refractivity contribution < 1.29 is 0 Å². The number of hydrogen-bond acceptors (Lipinski definition) is 4. The zero-order valence-corrected chi connectivity index (χ0v) is 12.1. The van der Waals surface area contributed by atoms with Gasteiger partial charge in [-0.3, -0.25) is 0 Å².